The fraction of sp³-hybridized carbons (Fsp3) is 0.455. The third-order valence-electron chi connectivity index (χ3n) is 2.75. The molecule has 82 valence electrons. The molecule has 15 heavy (non-hydrogen) atoms. The van der Waals surface area contributed by atoms with Crippen LogP contribution >= 0.6 is 27.5 Å². The monoisotopic (exact) mass is 289 g/mol. The standard InChI is InChI=1S/C11H13BrClNO/c12-8-6-7(4-5-9(8)13)14-10-2-1-3-11(10)15/h4-6,10-11,14-15H,1-3H2. The van der Waals surface area contributed by atoms with Crippen molar-refractivity contribution in [2.24, 2.45) is 0 Å². The fourth-order valence-electron chi connectivity index (χ4n) is 1.91. The predicted molar refractivity (Wildman–Crippen MR) is 66.4 cm³/mol. The van der Waals surface area contributed by atoms with Crippen molar-refractivity contribution in [2.45, 2.75) is 31.4 Å². The molecule has 1 aromatic rings. The molecule has 2 atom stereocenters. The third-order valence-corrected chi connectivity index (χ3v) is 3.97. The van der Waals surface area contributed by atoms with E-state index in [1.54, 1.807) is 0 Å². The lowest BCUT2D eigenvalue weighted by Crippen LogP contribution is -2.27. The van der Waals surface area contributed by atoms with Crippen molar-refractivity contribution >= 4 is 33.2 Å². The molecular formula is C11H13BrClNO. The van der Waals surface area contributed by atoms with E-state index in [0.717, 1.165) is 29.4 Å². The van der Waals surface area contributed by atoms with Gasteiger partial charge < -0.3 is 10.4 Å². The van der Waals surface area contributed by atoms with Crippen LogP contribution in [0.25, 0.3) is 0 Å². The van der Waals surface area contributed by atoms with E-state index in [0.29, 0.717) is 5.02 Å². The van der Waals surface area contributed by atoms with Gasteiger partial charge in [0.2, 0.25) is 0 Å². The highest BCUT2D eigenvalue weighted by molar-refractivity contribution is 9.10. The molecule has 2 unspecified atom stereocenters. The van der Waals surface area contributed by atoms with Crippen LogP contribution in [0.1, 0.15) is 19.3 Å². The molecular weight excluding hydrogens is 277 g/mol. The molecule has 1 saturated carbocycles. The van der Waals surface area contributed by atoms with Crippen molar-refractivity contribution < 1.29 is 5.11 Å². The van der Waals surface area contributed by atoms with Crippen LogP contribution in [0, 0.1) is 0 Å². The molecule has 2 N–H and O–H groups in total. The highest BCUT2D eigenvalue weighted by atomic mass is 79.9. The molecule has 1 aliphatic carbocycles. The minimum atomic E-state index is -0.223. The topological polar surface area (TPSA) is 32.3 Å². The Morgan fingerprint density at radius 2 is 2.20 bits per heavy atom. The van der Waals surface area contributed by atoms with E-state index < -0.39 is 0 Å². The lowest BCUT2D eigenvalue weighted by Gasteiger charge is -2.18. The van der Waals surface area contributed by atoms with Gasteiger partial charge in [-0.05, 0) is 53.4 Å². The SMILES string of the molecule is OC1CCCC1Nc1ccc(Cl)c(Br)c1. The molecule has 0 aromatic heterocycles. The summed E-state index contributed by atoms with van der Waals surface area (Å²) in [5, 5.41) is 13.7. The number of aliphatic hydroxyl groups excluding tert-OH is 1. The van der Waals surface area contributed by atoms with Crippen LogP contribution in [0.5, 0.6) is 0 Å². The van der Waals surface area contributed by atoms with Gasteiger partial charge in [-0.2, -0.15) is 0 Å². The first-order valence-corrected chi connectivity index (χ1v) is 6.23. The summed E-state index contributed by atoms with van der Waals surface area (Å²) in [6.07, 6.45) is 2.79. The zero-order valence-corrected chi connectivity index (χ0v) is 10.6. The Labute approximate surface area is 103 Å². The minimum Gasteiger partial charge on any atom is -0.391 e. The van der Waals surface area contributed by atoms with E-state index in [4.69, 9.17) is 11.6 Å². The van der Waals surface area contributed by atoms with Crippen molar-refractivity contribution in [1.82, 2.24) is 0 Å². The lowest BCUT2D eigenvalue weighted by atomic mass is 10.2. The summed E-state index contributed by atoms with van der Waals surface area (Å²) in [6, 6.07) is 5.89. The fourth-order valence-corrected chi connectivity index (χ4v) is 2.41. The molecule has 0 amide bonds. The molecule has 2 nitrogen and oxygen atoms in total. The van der Waals surface area contributed by atoms with E-state index in [1.807, 2.05) is 18.2 Å². The summed E-state index contributed by atoms with van der Waals surface area (Å²) in [6.45, 7) is 0. The van der Waals surface area contributed by atoms with Crippen LogP contribution in [0.4, 0.5) is 5.69 Å². The summed E-state index contributed by atoms with van der Waals surface area (Å²) in [5.74, 6) is 0. The average Bonchev–Trinajstić information content (AvgIpc) is 2.59. The number of hydrogen-bond donors (Lipinski definition) is 2. The Hall–Kier alpha value is -0.250. The maximum absolute atomic E-state index is 9.67. The number of benzene rings is 1. The maximum atomic E-state index is 9.67. The molecule has 0 bridgehead atoms. The van der Waals surface area contributed by atoms with Gasteiger partial charge in [-0.25, -0.2) is 0 Å². The first-order valence-electron chi connectivity index (χ1n) is 5.06. The van der Waals surface area contributed by atoms with Gasteiger partial charge in [-0.3, -0.25) is 0 Å². The van der Waals surface area contributed by atoms with E-state index in [9.17, 15) is 5.11 Å². The maximum Gasteiger partial charge on any atom is 0.0741 e. The molecule has 1 aliphatic rings. The Bertz CT molecular complexity index is 358. The molecule has 0 heterocycles. The Morgan fingerprint density at radius 1 is 1.40 bits per heavy atom. The summed E-state index contributed by atoms with van der Waals surface area (Å²) < 4.78 is 0.877. The Morgan fingerprint density at radius 3 is 2.80 bits per heavy atom. The number of aliphatic hydroxyl groups is 1. The van der Waals surface area contributed by atoms with Crippen molar-refractivity contribution in [1.29, 1.82) is 0 Å². The van der Waals surface area contributed by atoms with Gasteiger partial charge in [0.15, 0.2) is 0 Å². The number of anilines is 1. The van der Waals surface area contributed by atoms with E-state index in [1.165, 1.54) is 0 Å². The third kappa shape index (κ3) is 2.65. The summed E-state index contributed by atoms with van der Waals surface area (Å²) >= 11 is 9.28. The zero-order valence-electron chi connectivity index (χ0n) is 8.21. The number of rotatable bonds is 2. The minimum absolute atomic E-state index is 0.179. The van der Waals surface area contributed by atoms with Crippen molar-refractivity contribution in [3.63, 3.8) is 0 Å². The number of hydrogen-bond acceptors (Lipinski definition) is 2. The molecule has 0 spiro atoms. The van der Waals surface area contributed by atoms with Crippen LogP contribution in [-0.4, -0.2) is 17.3 Å². The van der Waals surface area contributed by atoms with E-state index >= 15 is 0 Å². The average molecular weight is 291 g/mol. The Balaban J connectivity index is 2.07. The smallest absolute Gasteiger partial charge is 0.0741 e. The van der Waals surface area contributed by atoms with Crippen LogP contribution in [0.15, 0.2) is 22.7 Å². The number of nitrogens with one attached hydrogen (secondary N) is 1. The summed E-state index contributed by atoms with van der Waals surface area (Å²) in [7, 11) is 0. The molecule has 4 heteroatoms. The van der Waals surface area contributed by atoms with Crippen molar-refractivity contribution in [2.75, 3.05) is 5.32 Å². The van der Waals surface area contributed by atoms with E-state index in [2.05, 4.69) is 21.2 Å². The summed E-state index contributed by atoms with van der Waals surface area (Å²) in [4.78, 5) is 0. The van der Waals surface area contributed by atoms with Gasteiger partial charge in [0.1, 0.15) is 0 Å². The highest BCUT2D eigenvalue weighted by Gasteiger charge is 2.24. The van der Waals surface area contributed by atoms with Gasteiger partial charge >= 0.3 is 0 Å². The Kier molecular flexibility index (Phi) is 3.54. The number of halogens is 2. The highest BCUT2D eigenvalue weighted by Crippen LogP contribution is 2.28. The van der Waals surface area contributed by atoms with Gasteiger partial charge in [0, 0.05) is 10.2 Å². The van der Waals surface area contributed by atoms with Gasteiger partial charge in [0.25, 0.3) is 0 Å². The molecule has 0 saturated heterocycles. The predicted octanol–water partition coefficient (Wildman–Crippen LogP) is 3.43. The lowest BCUT2D eigenvalue weighted by molar-refractivity contribution is 0.172. The molecule has 1 aromatic carbocycles. The van der Waals surface area contributed by atoms with Crippen molar-refractivity contribution in [3.05, 3.63) is 27.7 Å². The van der Waals surface area contributed by atoms with Crippen molar-refractivity contribution in [3.8, 4) is 0 Å². The van der Waals surface area contributed by atoms with Gasteiger partial charge in [-0.1, -0.05) is 11.6 Å². The summed E-state index contributed by atoms with van der Waals surface area (Å²) in [5.41, 5.74) is 0.997. The first-order chi connectivity index (χ1) is 7.16. The zero-order chi connectivity index (χ0) is 10.8. The molecule has 0 aliphatic heterocycles. The molecule has 1 fully saturated rings. The van der Waals surface area contributed by atoms with Crippen LogP contribution < -0.4 is 5.32 Å². The van der Waals surface area contributed by atoms with Crippen LogP contribution in [0.3, 0.4) is 0 Å². The largest absolute Gasteiger partial charge is 0.391 e. The first kappa shape index (κ1) is 11.2. The molecule has 2 rings (SSSR count). The second kappa shape index (κ2) is 4.73. The van der Waals surface area contributed by atoms with Crippen LogP contribution in [-0.2, 0) is 0 Å². The quantitative estimate of drug-likeness (QED) is 0.874. The second-order valence-corrected chi connectivity index (χ2v) is 5.14. The normalized spacial score (nSPS) is 25.5. The van der Waals surface area contributed by atoms with E-state index in [-0.39, 0.29) is 12.1 Å². The van der Waals surface area contributed by atoms with Crippen LogP contribution in [0.2, 0.25) is 5.02 Å². The van der Waals surface area contributed by atoms with Gasteiger partial charge in [-0.15, -0.1) is 0 Å². The van der Waals surface area contributed by atoms with Gasteiger partial charge in [0.05, 0.1) is 17.2 Å². The second-order valence-electron chi connectivity index (χ2n) is 3.88. The molecule has 0 radical (unpaired) electrons.